The fourth-order valence-electron chi connectivity index (χ4n) is 5.21. The molecule has 1 saturated heterocycles. The first-order chi connectivity index (χ1) is 18.5. The van der Waals surface area contributed by atoms with Crippen molar-refractivity contribution >= 4 is 17.7 Å². The first kappa shape index (κ1) is 27.6. The molecule has 4 atom stereocenters. The SMILES string of the molecule is CCC(C)[C@@H]1NCCOc2ccccc2CCCNC(=O)[C@@H](Cc2ccccc2)N2CCC(NC1=O)C2=O. The summed E-state index contributed by atoms with van der Waals surface area (Å²) < 4.78 is 6.06. The van der Waals surface area contributed by atoms with Crippen molar-refractivity contribution in [3.8, 4) is 5.75 Å². The molecule has 3 amide bonds. The van der Waals surface area contributed by atoms with Gasteiger partial charge in [0.15, 0.2) is 0 Å². The van der Waals surface area contributed by atoms with Crippen LogP contribution in [0.1, 0.15) is 44.2 Å². The fourth-order valence-corrected chi connectivity index (χ4v) is 5.21. The molecule has 2 aliphatic rings. The van der Waals surface area contributed by atoms with E-state index in [1.165, 1.54) is 0 Å². The molecule has 2 aliphatic heterocycles. The number of ether oxygens (including phenoxy) is 1. The molecular weight excluding hydrogens is 480 g/mol. The Hall–Kier alpha value is -3.39. The molecule has 2 aromatic rings. The zero-order valence-electron chi connectivity index (χ0n) is 22.4. The number of carbonyl (C=O) groups excluding carboxylic acids is 3. The van der Waals surface area contributed by atoms with E-state index < -0.39 is 18.1 Å². The van der Waals surface area contributed by atoms with Crippen molar-refractivity contribution in [2.45, 2.75) is 64.1 Å². The molecule has 1 fully saturated rings. The Morgan fingerprint density at radius 2 is 1.76 bits per heavy atom. The standard InChI is InChI=1S/C30H40N4O4/c1-3-21(2)27-29(36)33-24-15-18-34(30(24)37)25(20-22-10-5-4-6-11-22)28(35)32-16-9-13-23-12-7-8-14-26(23)38-19-17-31-27/h4-8,10-12,14,21,24-25,27,31H,3,9,13,15-20H2,1-2H3,(H,32,35)(H,33,36)/t21?,24?,25-,27+/m1/s1. The van der Waals surface area contributed by atoms with E-state index in [9.17, 15) is 14.4 Å². The van der Waals surface area contributed by atoms with Crippen LogP contribution >= 0.6 is 0 Å². The average molecular weight is 521 g/mol. The molecule has 8 heteroatoms. The predicted octanol–water partition coefficient (Wildman–Crippen LogP) is 2.46. The molecule has 0 saturated carbocycles. The third kappa shape index (κ3) is 6.92. The Morgan fingerprint density at radius 3 is 2.55 bits per heavy atom. The van der Waals surface area contributed by atoms with Gasteiger partial charge in [0, 0.05) is 26.1 Å². The normalized spacial score (nSPS) is 24.3. The molecule has 0 aliphatic carbocycles. The van der Waals surface area contributed by atoms with Gasteiger partial charge in [0.05, 0.1) is 6.04 Å². The maximum atomic E-state index is 13.5. The average Bonchev–Trinajstić information content (AvgIpc) is 3.29. The van der Waals surface area contributed by atoms with Gasteiger partial charge in [0.1, 0.15) is 24.4 Å². The van der Waals surface area contributed by atoms with Crippen molar-refractivity contribution in [1.29, 1.82) is 0 Å². The summed E-state index contributed by atoms with van der Waals surface area (Å²) in [4.78, 5) is 41.8. The van der Waals surface area contributed by atoms with E-state index in [1.807, 2.05) is 68.4 Å². The molecule has 4 rings (SSSR count). The number of benzene rings is 2. The van der Waals surface area contributed by atoms with Crippen molar-refractivity contribution in [3.05, 3.63) is 65.7 Å². The van der Waals surface area contributed by atoms with Gasteiger partial charge in [-0.15, -0.1) is 0 Å². The lowest BCUT2D eigenvalue weighted by Gasteiger charge is -2.28. The lowest BCUT2D eigenvalue weighted by molar-refractivity contribution is -0.139. The fraction of sp³-hybridized carbons (Fsp3) is 0.500. The van der Waals surface area contributed by atoms with Gasteiger partial charge < -0.3 is 25.6 Å². The van der Waals surface area contributed by atoms with Gasteiger partial charge in [-0.2, -0.15) is 0 Å². The maximum Gasteiger partial charge on any atom is 0.245 e. The monoisotopic (exact) mass is 520 g/mol. The van der Waals surface area contributed by atoms with Crippen LogP contribution in [0.25, 0.3) is 0 Å². The summed E-state index contributed by atoms with van der Waals surface area (Å²) in [6.07, 6.45) is 3.24. The molecule has 2 heterocycles. The largest absolute Gasteiger partial charge is 0.492 e. The molecule has 0 spiro atoms. The summed E-state index contributed by atoms with van der Waals surface area (Å²) >= 11 is 0. The second-order valence-electron chi connectivity index (χ2n) is 10.3. The van der Waals surface area contributed by atoms with Crippen LogP contribution in [-0.4, -0.2) is 67.0 Å². The number of nitrogens with one attached hydrogen (secondary N) is 3. The highest BCUT2D eigenvalue weighted by Crippen LogP contribution is 2.21. The maximum absolute atomic E-state index is 13.5. The molecule has 0 radical (unpaired) electrons. The molecule has 0 aromatic heterocycles. The van der Waals surface area contributed by atoms with Crippen LogP contribution in [0.15, 0.2) is 54.6 Å². The highest BCUT2D eigenvalue weighted by Gasteiger charge is 2.40. The lowest BCUT2D eigenvalue weighted by atomic mass is 9.98. The second kappa shape index (κ2) is 13.4. The molecule has 2 aromatic carbocycles. The molecule has 204 valence electrons. The molecule has 2 unspecified atom stereocenters. The molecule has 2 bridgehead atoms. The topological polar surface area (TPSA) is 99.8 Å². The highest BCUT2D eigenvalue weighted by molar-refractivity contribution is 5.94. The van der Waals surface area contributed by atoms with Gasteiger partial charge in [-0.3, -0.25) is 14.4 Å². The number of carbonyl (C=O) groups is 3. The van der Waals surface area contributed by atoms with Crippen molar-refractivity contribution in [1.82, 2.24) is 20.9 Å². The molecule has 8 nitrogen and oxygen atoms in total. The Morgan fingerprint density at radius 1 is 1.00 bits per heavy atom. The number of hydrogen-bond acceptors (Lipinski definition) is 5. The number of nitrogens with zero attached hydrogens (tertiary/aromatic N) is 1. The first-order valence-electron chi connectivity index (χ1n) is 13.8. The van der Waals surface area contributed by atoms with Crippen LogP contribution in [0.2, 0.25) is 0 Å². The van der Waals surface area contributed by atoms with Gasteiger partial charge >= 0.3 is 0 Å². The Bertz CT molecular complexity index is 1090. The van der Waals surface area contributed by atoms with Gasteiger partial charge in [-0.1, -0.05) is 68.8 Å². The van der Waals surface area contributed by atoms with E-state index >= 15 is 0 Å². The van der Waals surface area contributed by atoms with E-state index in [2.05, 4.69) is 16.0 Å². The third-order valence-electron chi connectivity index (χ3n) is 7.62. The number of rotatable bonds is 4. The molecular formula is C30H40N4O4. The van der Waals surface area contributed by atoms with Crippen molar-refractivity contribution in [2.75, 3.05) is 26.2 Å². The highest BCUT2D eigenvalue weighted by atomic mass is 16.5. The van der Waals surface area contributed by atoms with Crippen LogP contribution in [0.5, 0.6) is 5.75 Å². The van der Waals surface area contributed by atoms with Crippen molar-refractivity contribution < 1.29 is 19.1 Å². The van der Waals surface area contributed by atoms with Gasteiger partial charge in [0.2, 0.25) is 17.7 Å². The smallest absolute Gasteiger partial charge is 0.245 e. The van der Waals surface area contributed by atoms with E-state index in [-0.39, 0.29) is 23.6 Å². The number of amides is 3. The summed E-state index contributed by atoms with van der Waals surface area (Å²) in [5, 5.41) is 9.39. The third-order valence-corrected chi connectivity index (χ3v) is 7.62. The zero-order valence-corrected chi connectivity index (χ0v) is 22.4. The van der Waals surface area contributed by atoms with Crippen LogP contribution in [0.3, 0.4) is 0 Å². The number of hydrogen-bond donors (Lipinski definition) is 3. The van der Waals surface area contributed by atoms with Crippen LogP contribution in [-0.2, 0) is 27.2 Å². The molecule has 3 N–H and O–H groups in total. The lowest BCUT2D eigenvalue weighted by Crippen LogP contribution is -2.55. The quantitative estimate of drug-likeness (QED) is 0.575. The van der Waals surface area contributed by atoms with E-state index in [0.29, 0.717) is 39.1 Å². The number of aryl methyl sites for hydroxylation is 1. The van der Waals surface area contributed by atoms with E-state index in [1.54, 1.807) is 4.90 Å². The minimum Gasteiger partial charge on any atom is -0.492 e. The predicted molar refractivity (Wildman–Crippen MR) is 147 cm³/mol. The van der Waals surface area contributed by atoms with Crippen LogP contribution in [0.4, 0.5) is 0 Å². The summed E-state index contributed by atoms with van der Waals surface area (Å²) in [6.45, 7) is 5.94. The first-order valence-corrected chi connectivity index (χ1v) is 13.8. The van der Waals surface area contributed by atoms with Crippen molar-refractivity contribution in [2.24, 2.45) is 5.92 Å². The van der Waals surface area contributed by atoms with Crippen LogP contribution < -0.4 is 20.7 Å². The minimum atomic E-state index is -0.635. The van der Waals surface area contributed by atoms with Gasteiger partial charge in [-0.05, 0) is 42.4 Å². The van der Waals surface area contributed by atoms with Crippen molar-refractivity contribution in [3.63, 3.8) is 0 Å². The Labute approximate surface area is 225 Å². The van der Waals surface area contributed by atoms with E-state index in [4.69, 9.17) is 4.74 Å². The number of para-hydroxylation sites is 1. The number of fused-ring (bicyclic) bond motifs is 3. The van der Waals surface area contributed by atoms with Gasteiger partial charge in [0.25, 0.3) is 0 Å². The summed E-state index contributed by atoms with van der Waals surface area (Å²) in [7, 11) is 0. The second-order valence-corrected chi connectivity index (χ2v) is 10.3. The minimum absolute atomic E-state index is 0.0806. The zero-order chi connectivity index (χ0) is 26.9. The van der Waals surface area contributed by atoms with E-state index in [0.717, 1.165) is 36.1 Å². The van der Waals surface area contributed by atoms with Gasteiger partial charge in [-0.25, -0.2) is 0 Å². The van der Waals surface area contributed by atoms with Crippen LogP contribution in [0, 0.1) is 5.92 Å². The Balaban J connectivity index is 1.57. The summed E-state index contributed by atoms with van der Waals surface area (Å²) in [5.74, 6) is 0.347. The summed E-state index contributed by atoms with van der Waals surface area (Å²) in [6, 6.07) is 16.0. The Kier molecular flexibility index (Phi) is 9.76. The summed E-state index contributed by atoms with van der Waals surface area (Å²) in [5.41, 5.74) is 2.07. The molecule has 38 heavy (non-hydrogen) atoms.